The van der Waals surface area contributed by atoms with Gasteiger partial charge in [-0.1, -0.05) is 26.0 Å². The molecule has 0 aromatic heterocycles. The second-order valence-electron chi connectivity index (χ2n) is 5.38. The molecule has 1 aromatic carbocycles. The summed E-state index contributed by atoms with van der Waals surface area (Å²) >= 11 is 0. The summed E-state index contributed by atoms with van der Waals surface area (Å²) in [5.74, 6) is 0.351. The van der Waals surface area contributed by atoms with Crippen molar-refractivity contribution in [2.75, 3.05) is 6.54 Å². The van der Waals surface area contributed by atoms with Crippen LogP contribution in [0.15, 0.2) is 29.2 Å². The van der Waals surface area contributed by atoms with Crippen molar-refractivity contribution in [1.29, 1.82) is 0 Å². The van der Waals surface area contributed by atoms with E-state index in [2.05, 4.69) is 23.9 Å². The van der Waals surface area contributed by atoms with Gasteiger partial charge in [-0.2, -0.15) is 0 Å². The molecule has 0 aliphatic carbocycles. The maximum Gasteiger partial charge on any atom is 0.240 e. The van der Waals surface area contributed by atoms with E-state index in [1.807, 2.05) is 12.1 Å². The first-order valence-electron chi connectivity index (χ1n) is 6.77. The molecule has 20 heavy (non-hydrogen) atoms. The van der Waals surface area contributed by atoms with Crippen LogP contribution in [-0.2, 0) is 14.8 Å². The normalized spacial score (nSPS) is 19.4. The second kappa shape index (κ2) is 5.93. The molecule has 0 radical (unpaired) electrons. The van der Waals surface area contributed by atoms with E-state index in [1.54, 1.807) is 12.1 Å². The lowest BCUT2D eigenvalue weighted by Gasteiger charge is -2.12. The number of carbonyl (C=O) groups is 1. The number of hydrogen-bond acceptors (Lipinski definition) is 3. The zero-order chi connectivity index (χ0) is 14.8. The summed E-state index contributed by atoms with van der Waals surface area (Å²) in [4.78, 5) is 11.3. The molecule has 1 atom stereocenters. The zero-order valence-electron chi connectivity index (χ0n) is 11.7. The van der Waals surface area contributed by atoms with E-state index in [4.69, 9.17) is 0 Å². The number of rotatable bonds is 5. The Bertz CT molecular complexity index is 579. The predicted molar refractivity (Wildman–Crippen MR) is 76.9 cm³/mol. The van der Waals surface area contributed by atoms with Gasteiger partial charge in [-0.3, -0.25) is 4.79 Å². The molecule has 0 saturated carbocycles. The van der Waals surface area contributed by atoms with E-state index >= 15 is 0 Å². The van der Waals surface area contributed by atoms with E-state index < -0.39 is 10.0 Å². The van der Waals surface area contributed by atoms with Gasteiger partial charge >= 0.3 is 0 Å². The fourth-order valence-corrected chi connectivity index (χ4v) is 3.24. The quantitative estimate of drug-likeness (QED) is 0.861. The summed E-state index contributed by atoms with van der Waals surface area (Å²) in [7, 11) is -3.51. The summed E-state index contributed by atoms with van der Waals surface area (Å²) in [5, 5.41) is 2.74. The topological polar surface area (TPSA) is 75.3 Å². The summed E-state index contributed by atoms with van der Waals surface area (Å²) in [5.41, 5.74) is 1.10. The van der Waals surface area contributed by atoms with Gasteiger partial charge in [0.05, 0.1) is 4.90 Å². The average Bonchev–Trinajstić information content (AvgIpc) is 2.82. The summed E-state index contributed by atoms with van der Waals surface area (Å²) in [6.45, 7) is 4.36. The van der Waals surface area contributed by atoms with Crippen molar-refractivity contribution in [3.8, 4) is 0 Å². The van der Waals surface area contributed by atoms with Gasteiger partial charge in [0.2, 0.25) is 15.9 Å². The minimum Gasteiger partial charge on any atom is -0.352 e. The summed E-state index contributed by atoms with van der Waals surface area (Å²) in [6.07, 6.45) is 1.14. The Balaban J connectivity index is 2.00. The molecule has 1 aromatic rings. The third-order valence-corrected chi connectivity index (χ3v) is 4.90. The molecule has 2 N–H and O–H groups in total. The van der Waals surface area contributed by atoms with Gasteiger partial charge in [-0.05, 0) is 30.0 Å². The lowest BCUT2D eigenvalue weighted by atomic mass is 10.0. The molecular weight excluding hydrogens is 276 g/mol. The van der Waals surface area contributed by atoms with Gasteiger partial charge in [0.25, 0.3) is 0 Å². The minimum absolute atomic E-state index is 0.0181. The van der Waals surface area contributed by atoms with E-state index in [9.17, 15) is 13.2 Å². The highest BCUT2D eigenvalue weighted by molar-refractivity contribution is 7.89. The standard InChI is InChI=1S/C14H20N2O3S/c1-10(2)11-3-6-13(7-4-11)20(18,19)15-9-12-5-8-14(17)16-12/h3-4,6-7,10,12,15H,5,8-9H2,1-2H3,(H,16,17). The maximum absolute atomic E-state index is 12.1. The lowest BCUT2D eigenvalue weighted by Crippen LogP contribution is -2.38. The van der Waals surface area contributed by atoms with Crippen LogP contribution >= 0.6 is 0 Å². The van der Waals surface area contributed by atoms with Crippen LogP contribution in [-0.4, -0.2) is 26.9 Å². The molecule has 1 unspecified atom stereocenters. The van der Waals surface area contributed by atoms with Crippen molar-refractivity contribution in [2.45, 2.75) is 43.5 Å². The Morgan fingerprint density at radius 1 is 1.30 bits per heavy atom. The highest BCUT2D eigenvalue weighted by atomic mass is 32.2. The molecule has 5 nitrogen and oxygen atoms in total. The van der Waals surface area contributed by atoms with Crippen LogP contribution in [0, 0.1) is 0 Å². The Morgan fingerprint density at radius 3 is 2.45 bits per heavy atom. The lowest BCUT2D eigenvalue weighted by molar-refractivity contribution is -0.119. The molecule has 1 aliphatic rings. The smallest absolute Gasteiger partial charge is 0.240 e. The predicted octanol–water partition coefficient (Wildman–Crippen LogP) is 1.37. The fraction of sp³-hybridized carbons (Fsp3) is 0.500. The number of nitrogens with one attached hydrogen (secondary N) is 2. The Labute approximate surface area is 119 Å². The third-order valence-electron chi connectivity index (χ3n) is 3.46. The second-order valence-corrected chi connectivity index (χ2v) is 7.15. The van der Waals surface area contributed by atoms with Crippen LogP contribution in [0.3, 0.4) is 0 Å². The minimum atomic E-state index is -3.51. The Morgan fingerprint density at radius 2 is 1.95 bits per heavy atom. The monoisotopic (exact) mass is 296 g/mol. The first-order valence-corrected chi connectivity index (χ1v) is 8.26. The van der Waals surface area contributed by atoms with Crippen LogP contribution in [0.25, 0.3) is 0 Å². The van der Waals surface area contributed by atoms with Crippen LogP contribution in [0.1, 0.15) is 38.2 Å². The number of hydrogen-bond donors (Lipinski definition) is 2. The van der Waals surface area contributed by atoms with Crippen LogP contribution in [0.2, 0.25) is 0 Å². The summed E-state index contributed by atoms with van der Waals surface area (Å²) in [6, 6.07) is 6.79. The molecule has 1 saturated heterocycles. The molecule has 6 heteroatoms. The largest absolute Gasteiger partial charge is 0.352 e. The van der Waals surface area contributed by atoms with Crippen molar-refractivity contribution >= 4 is 15.9 Å². The van der Waals surface area contributed by atoms with Crippen molar-refractivity contribution < 1.29 is 13.2 Å². The molecule has 0 spiro atoms. The van der Waals surface area contributed by atoms with Gasteiger partial charge in [0.1, 0.15) is 0 Å². The van der Waals surface area contributed by atoms with Crippen LogP contribution < -0.4 is 10.0 Å². The van der Waals surface area contributed by atoms with Gasteiger partial charge < -0.3 is 5.32 Å². The molecular formula is C14H20N2O3S. The van der Waals surface area contributed by atoms with Crippen molar-refractivity contribution in [1.82, 2.24) is 10.0 Å². The van der Waals surface area contributed by atoms with Gasteiger partial charge in [0, 0.05) is 19.0 Å². The molecule has 0 bridgehead atoms. The van der Waals surface area contributed by atoms with Crippen molar-refractivity contribution in [3.05, 3.63) is 29.8 Å². The van der Waals surface area contributed by atoms with E-state index in [1.165, 1.54) is 0 Å². The number of carbonyl (C=O) groups excluding carboxylic acids is 1. The first-order chi connectivity index (χ1) is 9.38. The Kier molecular flexibility index (Phi) is 4.45. The highest BCUT2D eigenvalue weighted by Gasteiger charge is 2.23. The van der Waals surface area contributed by atoms with E-state index in [0.29, 0.717) is 18.8 Å². The first kappa shape index (κ1) is 15.0. The van der Waals surface area contributed by atoms with Crippen LogP contribution in [0.4, 0.5) is 0 Å². The number of amides is 1. The number of sulfonamides is 1. The van der Waals surface area contributed by atoms with Gasteiger partial charge in [-0.15, -0.1) is 0 Å². The van der Waals surface area contributed by atoms with Gasteiger partial charge in [-0.25, -0.2) is 13.1 Å². The highest BCUT2D eigenvalue weighted by Crippen LogP contribution is 2.17. The fourth-order valence-electron chi connectivity index (χ4n) is 2.16. The molecule has 1 aliphatic heterocycles. The molecule has 1 fully saturated rings. The van der Waals surface area contributed by atoms with E-state index in [-0.39, 0.29) is 23.4 Å². The van der Waals surface area contributed by atoms with Crippen LogP contribution in [0.5, 0.6) is 0 Å². The number of benzene rings is 1. The van der Waals surface area contributed by atoms with Crippen molar-refractivity contribution in [3.63, 3.8) is 0 Å². The zero-order valence-corrected chi connectivity index (χ0v) is 12.5. The molecule has 1 heterocycles. The molecule has 1 amide bonds. The molecule has 110 valence electrons. The average molecular weight is 296 g/mol. The Hall–Kier alpha value is -1.40. The van der Waals surface area contributed by atoms with Crippen molar-refractivity contribution in [2.24, 2.45) is 0 Å². The van der Waals surface area contributed by atoms with E-state index in [0.717, 1.165) is 5.56 Å². The maximum atomic E-state index is 12.1. The van der Waals surface area contributed by atoms with Gasteiger partial charge in [0.15, 0.2) is 0 Å². The SMILES string of the molecule is CC(C)c1ccc(S(=O)(=O)NCC2CCC(=O)N2)cc1. The third kappa shape index (κ3) is 3.58. The molecule has 2 rings (SSSR count). The summed E-state index contributed by atoms with van der Waals surface area (Å²) < 4.78 is 26.8.